The molecule has 12 heavy (non-hydrogen) atoms. The molecule has 0 aliphatic heterocycles. The SMILES string of the molecule is [CH2]CCc1ccc(F)c(C#N)c1. The molecule has 0 spiro atoms. The minimum Gasteiger partial charge on any atom is -0.206 e. The number of hydrogen-bond donors (Lipinski definition) is 0. The second-order valence-electron chi connectivity index (χ2n) is 2.53. The van der Waals surface area contributed by atoms with Crippen molar-refractivity contribution in [2.24, 2.45) is 0 Å². The minimum atomic E-state index is -0.453. The van der Waals surface area contributed by atoms with Gasteiger partial charge in [-0.1, -0.05) is 13.0 Å². The van der Waals surface area contributed by atoms with Crippen molar-refractivity contribution in [3.05, 3.63) is 42.1 Å². The number of nitriles is 1. The normalized spacial score (nSPS) is 9.42. The van der Waals surface area contributed by atoms with Gasteiger partial charge in [0.2, 0.25) is 0 Å². The van der Waals surface area contributed by atoms with E-state index in [0.717, 1.165) is 18.4 Å². The predicted molar refractivity (Wildman–Crippen MR) is 44.8 cm³/mol. The average Bonchev–Trinajstić information content (AvgIpc) is 2.09. The standard InChI is InChI=1S/C10H9FN/c1-2-3-8-4-5-10(11)9(6-8)7-12/h4-6H,1-3H2. The number of rotatable bonds is 2. The fourth-order valence-corrected chi connectivity index (χ4v) is 1.02. The highest BCUT2D eigenvalue weighted by Crippen LogP contribution is 2.10. The number of nitrogens with zero attached hydrogens (tertiary/aromatic N) is 1. The van der Waals surface area contributed by atoms with Gasteiger partial charge < -0.3 is 0 Å². The van der Waals surface area contributed by atoms with E-state index >= 15 is 0 Å². The van der Waals surface area contributed by atoms with Gasteiger partial charge in [-0.15, -0.1) is 0 Å². The topological polar surface area (TPSA) is 23.8 Å². The van der Waals surface area contributed by atoms with E-state index in [0.29, 0.717) is 0 Å². The Kier molecular flexibility index (Phi) is 2.82. The fourth-order valence-electron chi connectivity index (χ4n) is 1.02. The number of benzene rings is 1. The van der Waals surface area contributed by atoms with Crippen molar-refractivity contribution in [3.8, 4) is 6.07 Å². The van der Waals surface area contributed by atoms with Crippen LogP contribution in [0.15, 0.2) is 18.2 Å². The third-order valence-corrected chi connectivity index (χ3v) is 1.62. The Morgan fingerprint density at radius 1 is 1.50 bits per heavy atom. The molecule has 1 radical (unpaired) electrons. The molecular weight excluding hydrogens is 153 g/mol. The van der Waals surface area contributed by atoms with Gasteiger partial charge in [-0.25, -0.2) is 4.39 Å². The monoisotopic (exact) mass is 162 g/mol. The lowest BCUT2D eigenvalue weighted by Crippen LogP contribution is -1.88. The molecular formula is C10H9FN. The second-order valence-corrected chi connectivity index (χ2v) is 2.53. The second kappa shape index (κ2) is 3.87. The summed E-state index contributed by atoms with van der Waals surface area (Å²) in [5.41, 5.74) is 1.07. The summed E-state index contributed by atoms with van der Waals surface area (Å²) in [7, 11) is 0. The van der Waals surface area contributed by atoms with Crippen LogP contribution in [0.1, 0.15) is 17.5 Å². The molecule has 2 heteroatoms. The first-order valence-electron chi connectivity index (χ1n) is 3.75. The Morgan fingerprint density at radius 2 is 2.25 bits per heavy atom. The molecule has 0 aliphatic carbocycles. The number of hydrogen-bond acceptors (Lipinski definition) is 1. The van der Waals surface area contributed by atoms with Gasteiger partial charge in [-0.2, -0.15) is 5.26 Å². The van der Waals surface area contributed by atoms with Crippen molar-refractivity contribution in [2.75, 3.05) is 0 Å². The van der Waals surface area contributed by atoms with Crippen LogP contribution in [0.2, 0.25) is 0 Å². The molecule has 0 aliphatic rings. The molecule has 0 atom stereocenters. The number of aryl methyl sites for hydroxylation is 1. The van der Waals surface area contributed by atoms with E-state index in [4.69, 9.17) is 5.26 Å². The lowest BCUT2D eigenvalue weighted by atomic mass is 10.1. The third-order valence-electron chi connectivity index (χ3n) is 1.62. The first-order chi connectivity index (χ1) is 5.77. The molecule has 0 saturated heterocycles. The summed E-state index contributed by atoms with van der Waals surface area (Å²) < 4.78 is 12.8. The van der Waals surface area contributed by atoms with Gasteiger partial charge in [0.05, 0.1) is 5.56 Å². The fraction of sp³-hybridized carbons (Fsp3) is 0.200. The molecule has 1 nitrogen and oxygen atoms in total. The first-order valence-corrected chi connectivity index (χ1v) is 3.75. The predicted octanol–water partition coefficient (Wildman–Crippen LogP) is 2.46. The maximum atomic E-state index is 12.8. The van der Waals surface area contributed by atoms with Crippen LogP contribution in [0.3, 0.4) is 0 Å². The van der Waals surface area contributed by atoms with Gasteiger partial charge in [0.15, 0.2) is 0 Å². The maximum absolute atomic E-state index is 12.8. The van der Waals surface area contributed by atoms with Gasteiger partial charge in [0.1, 0.15) is 11.9 Å². The Morgan fingerprint density at radius 3 is 2.83 bits per heavy atom. The summed E-state index contributed by atoms with van der Waals surface area (Å²) in [5.74, 6) is -0.453. The van der Waals surface area contributed by atoms with E-state index < -0.39 is 5.82 Å². The van der Waals surface area contributed by atoms with Crippen LogP contribution >= 0.6 is 0 Å². The van der Waals surface area contributed by atoms with Crippen LogP contribution in [-0.2, 0) is 6.42 Å². The van der Waals surface area contributed by atoms with E-state index in [1.165, 1.54) is 6.07 Å². The van der Waals surface area contributed by atoms with E-state index in [1.54, 1.807) is 18.2 Å². The Labute approximate surface area is 71.4 Å². The van der Waals surface area contributed by atoms with Crippen LogP contribution in [0.4, 0.5) is 4.39 Å². The lowest BCUT2D eigenvalue weighted by Gasteiger charge is -1.98. The number of halogens is 1. The maximum Gasteiger partial charge on any atom is 0.140 e. The Balaban J connectivity index is 2.99. The molecule has 0 aromatic heterocycles. The Bertz CT molecular complexity index is 312. The highest BCUT2D eigenvalue weighted by Gasteiger charge is 2.01. The van der Waals surface area contributed by atoms with Crippen LogP contribution < -0.4 is 0 Å². The molecule has 0 heterocycles. The zero-order valence-electron chi connectivity index (χ0n) is 6.68. The summed E-state index contributed by atoms with van der Waals surface area (Å²) in [6, 6.07) is 6.37. The molecule has 0 bridgehead atoms. The van der Waals surface area contributed by atoms with E-state index in [9.17, 15) is 4.39 Å². The third kappa shape index (κ3) is 1.82. The van der Waals surface area contributed by atoms with Crippen molar-refractivity contribution in [3.63, 3.8) is 0 Å². The van der Waals surface area contributed by atoms with Gasteiger partial charge >= 0.3 is 0 Å². The molecule has 61 valence electrons. The summed E-state index contributed by atoms with van der Waals surface area (Å²) in [6.07, 6.45) is 1.55. The Hall–Kier alpha value is -1.36. The summed E-state index contributed by atoms with van der Waals surface area (Å²) in [5, 5.41) is 8.51. The van der Waals surface area contributed by atoms with Crippen molar-refractivity contribution < 1.29 is 4.39 Å². The van der Waals surface area contributed by atoms with Gasteiger partial charge in [-0.3, -0.25) is 0 Å². The van der Waals surface area contributed by atoms with Crippen molar-refractivity contribution in [1.82, 2.24) is 0 Å². The highest BCUT2D eigenvalue weighted by molar-refractivity contribution is 5.34. The van der Waals surface area contributed by atoms with Gasteiger partial charge in [0, 0.05) is 0 Å². The zero-order chi connectivity index (χ0) is 8.97. The molecule has 0 fully saturated rings. The lowest BCUT2D eigenvalue weighted by molar-refractivity contribution is 0.623. The van der Waals surface area contributed by atoms with E-state index in [2.05, 4.69) is 6.92 Å². The van der Waals surface area contributed by atoms with E-state index in [1.807, 2.05) is 0 Å². The molecule has 0 saturated carbocycles. The average molecular weight is 162 g/mol. The van der Waals surface area contributed by atoms with Crippen LogP contribution in [0.25, 0.3) is 0 Å². The summed E-state index contributed by atoms with van der Waals surface area (Å²) in [6.45, 7) is 3.68. The molecule has 0 N–H and O–H groups in total. The van der Waals surface area contributed by atoms with Crippen LogP contribution in [0, 0.1) is 24.1 Å². The zero-order valence-corrected chi connectivity index (χ0v) is 6.68. The van der Waals surface area contributed by atoms with Crippen molar-refractivity contribution >= 4 is 0 Å². The quantitative estimate of drug-likeness (QED) is 0.655. The smallest absolute Gasteiger partial charge is 0.140 e. The molecule has 0 unspecified atom stereocenters. The molecule has 1 aromatic carbocycles. The largest absolute Gasteiger partial charge is 0.206 e. The van der Waals surface area contributed by atoms with Crippen molar-refractivity contribution in [2.45, 2.75) is 12.8 Å². The molecule has 0 amide bonds. The highest BCUT2D eigenvalue weighted by atomic mass is 19.1. The molecule has 1 aromatic rings. The van der Waals surface area contributed by atoms with Crippen LogP contribution in [-0.4, -0.2) is 0 Å². The van der Waals surface area contributed by atoms with Crippen molar-refractivity contribution in [1.29, 1.82) is 5.26 Å². The summed E-state index contributed by atoms with van der Waals surface area (Å²) >= 11 is 0. The summed E-state index contributed by atoms with van der Waals surface area (Å²) in [4.78, 5) is 0. The van der Waals surface area contributed by atoms with Crippen LogP contribution in [0.5, 0.6) is 0 Å². The van der Waals surface area contributed by atoms with Gasteiger partial charge in [-0.05, 0) is 30.5 Å². The van der Waals surface area contributed by atoms with E-state index in [-0.39, 0.29) is 5.56 Å². The molecule has 1 rings (SSSR count). The van der Waals surface area contributed by atoms with Gasteiger partial charge in [0.25, 0.3) is 0 Å². The first kappa shape index (κ1) is 8.73. The minimum absolute atomic E-state index is 0.112.